The second kappa shape index (κ2) is 5.70. The van der Waals surface area contributed by atoms with Crippen molar-refractivity contribution in [3.8, 4) is 6.07 Å². The first-order valence-corrected chi connectivity index (χ1v) is 7.62. The van der Waals surface area contributed by atoms with Gasteiger partial charge in [0.15, 0.2) is 0 Å². The van der Waals surface area contributed by atoms with Crippen LogP contribution < -0.4 is 4.72 Å². The van der Waals surface area contributed by atoms with Gasteiger partial charge >= 0.3 is 0 Å². The summed E-state index contributed by atoms with van der Waals surface area (Å²) < 4.78 is 32.2. The summed E-state index contributed by atoms with van der Waals surface area (Å²) in [6.45, 7) is 2.99. The molecule has 19 heavy (non-hydrogen) atoms. The number of hydrogen-bond acceptors (Lipinski definition) is 4. The molecule has 2 atom stereocenters. The minimum Gasteiger partial charge on any atom is -0.378 e. The Kier molecular flexibility index (Phi) is 4.20. The third-order valence-corrected chi connectivity index (χ3v) is 4.76. The van der Waals surface area contributed by atoms with Crippen LogP contribution in [0.15, 0.2) is 29.2 Å². The van der Waals surface area contributed by atoms with Gasteiger partial charge in [-0.25, -0.2) is 13.1 Å². The second-order valence-electron chi connectivity index (χ2n) is 4.62. The second-order valence-corrected chi connectivity index (χ2v) is 6.38. The zero-order valence-corrected chi connectivity index (χ0v) is 11.5. The highest BCUT2D eigenvalue weighted by atomic mass is 32.2. The summed E-state index contributed by atoms with van der Waals surface area (Å²) in [4.78, 5) is 0.123. The number of benzene rings is 1. The molecule has 102 valence electrons. The van der Waals surface area contributed by atoms with Crippen LogP contribution in [0.4, 0.5) is 0 Å². The molecule has 1 aromatic carbocycles. The number of nitrogens with zero attached hydrogens (tertiary/aromatic N) is 1. The maximum atomic E-state index is 12.1. The summed E-state index contributed by atoms with van der Waals surface area (Å²) in [5.41, 5.74) is 0.334. The molecule has 1 aromatic rings. The van der Waals surface area contributed by atoms with E-state index in [1.54, 1.807) is 12.1 Å². The largest absolute Gasteiger partial charge is 0.378 e. The van der Waals surface area contributed by atoms with E-state index in [1.165, 1.54) is 12.1 Å². The molecule has 1 fully saturated rings. The highest BCUT2D eigenvalue weighted by Crippen LogP contribution is 2.20. The molecule has 1 saturated heterocycles. The summed E-state index contributed by atoms with van der Waals surface area (Å²) in [6, 6.07) is 7.93. The van der Waals surface area contributed by atoms with Gasteiger partial charge in [-0.1, -0.05) is 6.07 Å². The first kappa shape index (κ1) is 14.0. The molecule has 0 spiro atoms. The molecule has 1 aliphatic heterocycles. The van der Waals surface area contributed by atoms with Crippen molar-refractivity contribution in [1.82, 2.24) is 4.72 Å². The van der Waals surface area contributed by atoms with E-state index in [1.807, 2.05) is 13.0 Å². The smallest absolute Gasteiger partial charge is 0.240 e. The van der Waals surface area contributed by atoms with Gasteiger partial charge in [0.25, 0.3) is 0 Å². The summed E-state index contributed by atoms with van der Waals surface area (Å²) in [5.74, 6) is 0.203. The zero-order valence-electron chi connectivity index (χ0n) is 10.7. The molecule has 2 unspecified atom stereocenters. The van der Waals surface area contributed by atoms with Crippen LogP contribution in [0.25, 0.3) is 0 Å². The Balaban J connectivity index is 2.07. The Morgan fingerprint density at radius 3 is 2.95 bits per heavy atom. The van der Waals surface area contributed by atoms with Crippen LogP contribution in [0, 0.1) is 17.2 Å². The summed E-state index contributed by atoms with van der Waals surface area (Å²) in [5, 5.41) is 8.78. The lowest BCUT2D eigenvalue weighted by molar-refractivity contribution is 0.107. The molecule has 6 heteroatoms. The zero-order chi connectivity index (χ0) is 13.9. The molecule has 0 amide bonds. The molecule has 0 aromatic heterocycles. The van der Waals surface area contributed by atoms with Gasteiger partial charge in [-0.2, -0.15) is 5.26 Å². The molecule has 1 aliphatic rings. The van der Waals surface area contributed by atoms with Gasteiger partial charge in [0.1, 0.15) is 0 Å². The molecular formula is C13H16N2O3S. The number of hydrogen-bond donors (Lipinski definition) is 1. The summed E-state index contributed by atoms with van der Waals surface area (Å²) in [6.07, 6.45) is 0.940. The molecule has 0 bridgehead atoms. The van der Waals surface area contributed by atoms with E-state index in [-0.39, 0.29) is 16.9 Å². The van der Waals surface area contributed by atoms with E-state index in [0.29, 0.717) is 18.7 Å². The van der Waals surface area contributed by atoms with Crippen molar-refractivity contribution in [3.63, 3.8) is 0 Å². The van der Waals surface area contributed by atoms with Crippen LogP contribution in [0.3, 0.4) is 0 Å². The fraction of sp³-hybridized carbons (Fsp3) is 0.462. The molecule has 0 aliphatic carbocycles. The van der Waals surface area contributed by atoms with Gasteiger partial charge < -0.3 is 4.74 Å². The Hall–Kier alpha value is -1.42. The fourth-order valence-electron chi connectivity index (χ4n) is 2.08. The topological polar surface area (TPSA) is 79.2 Å². The molecule has 0 saturated carbocycles. The predicted molar refractivity (Wildman–Crippen MR) is 69.9 cm³/mol. The summed E-state index contributed by atoms with van der Waals surface area (Å²) >= 11 is 0. The van der Waals surface area contributed by atoms with Crippen molar-refractivity contribution in [2.24, 2.45) is 5.92 Å². The maximum absolute atomic E-state index is 12.1. The van der Waals surface area contributed by atoms with Crippen molar-refractivity contribution in [2.75, 3.05) is 13.2 Å². The normalized spacial score (nSPS) is 23.2. The third-order valence-electron chi connectivity index (χ3n) is 3.34. The minimum atomic E-state index is -3.56. The minimum absolute atomic E-state index is 0.0770. The van der Waals surface area contributed by atoms with Crippen LogP contribution >= 0.6 is 0 Å². The lowest BCUT2D eigenvalue weighted by Crippen LogP contribution is -2.32. The molecule has 5 nitrogen and oxygen atoms in total. The quantitative estimate of drug-likeness (QED) is 0.900. The van der Waals surface area contributed by atoms with Gasteiger partial charge in [-0.3, -0.25) is 0 Å². The Morgan fingerprint density at radius 1 is 1.53 bits per heavy atom. The van der Waals surface area contributed by atoms with Gasteiger partial charge in [-0.15, -0.1) is 0 Å². The van der Waals surface area contributed by atoms with E-state index in [9.17, 15) is 8.42 Å². The van der Waals surface area contributed by atoms with Gasteiger partial charge in [0, 0.05) is 19.1 Å². The van der Waals surface area contributed by atoms with Crippen LogP contribution in [0.5, 0.6) is 0 Å². The van der Waals surface area contributed by atoms with E-state index >= 15 is 0 Å². The Bertz CT molecular complexity index is 592. The standard InChI is InChI=1S/C13H16N2O3S/c1-10-12(5-6-18-10)9-15-19(16,17)13-4-2-3-11(7-13)8-14/h2-4,7,10,12,15H,5-6,9H2,1H3. The van der Waals surface area contributed by atoms with Gasteiger partial charge in [0.05, 0.1) is 22.6 Å². The van der Waals surface area contributed by atoms with Crippen LogP contribution in [0.2, 0.25) is 0 Å². The van der Waals surface area contributed by atoms with Crippen molar-refractivity contribution in [2.45, 2.75) is 24.3 Å². The Morgan fingerprint density at radius 2 is 2.32 bits per heavy atom. The molecule has 2 rings (SSSR count). The van der Waals surface area contributed by atoms with Gasteiger partial charge in [0.2, 0.25) is 10.0 Å². The monoisotopic (exact) mass is 280 g/mol. The van der Waals surface area contributed by atoms with Crippen LogP contribution in [-0.4, -0.2) is 27.7 Å². The molecule has 0 radical (unpaired) electrons. The number of rotatable bonds is 4. The first-order valence-electron chi connectivity index (χ1n) is 6.14. The SMILES string of the molecule is CC1OCCC1CNS(=O)(=O)c1cccc(C#N)c1. The van der Waals surface area contributed by atoms with Crippen LogP contribution in [-0.2, 0) is 14.8 Å². The van der Waals surface area contributed by atoms with E-state index in [2.05, 4.69) is 4.72 Å². The average molecular weight is 280 g/mol. The van der Waals surface area contributed by atoms with Crippen molar-refractivity contribution < 1.29 is 13.2 Å². The van der Waals surface area contributed by atoms with Crippen molar-refractivity contribution in [3.05, 3.63) is 29.8 Å². The third kappa shape index (κ3) is 3.32. The van der Waals surface area contributed by atoms with E-state index in [0.717, 1.165) is 6.42 Å². The van der Waals surface area contributed by atoms with E-state index < -0.39 is 10.0 Å². The maximum Gasteiger partial charge on any atom is 0.240 e. The molecular weight excluding hydrogens is 264 g/mol. The fourth-order valence-corrected chi connectivity index (χ4v) is 3.22. The number of nitrogens with one attached hydrogen (secondary N) is 1. The lowest BCUT2D eigenvalue weighted by Gasteiger charge is -2.15. The van der Waals surface area contributed by atoms with Crippen molar-refractivity contribution in [1.29, 1.82) is 5.26 Å². The number of nitriles is 1. The van der Waals surface area contributed by atoms with Crippen molar-refractivity contribution >= 4 is 10.0 Å². The average Bonchev–Trinajstić information content (AvgIpc) is 2.82. The number of ether oxygens (including phenoxy) is 1. The lowest BCUT2D eigenvalue weighted by atomic mass is 10.0. The number of sulfonamides is 1. The first-order chi connectivity index (χ1) is 9.03. The highest BCUT2D eigenvalue weighted by Gasteiger charge is 2.26. The molecule has 1 N–H and O–H groups in total. The highest BCUT2D eigenvalue weighted by molar-refractivity contribution is 7.89. The van der Waals surface area contributed by atoms with Gasteiger partial charge in [-0.05, 0) is 31.5 Å². The Labute approximate surface area is 113 Å². The predicted octanol–water partition coefficient (Wildman–Crippen LogP) is 1.26. The molecule has 1 heterocycles. The summed E-state index contributed by atoms with van der Waals surface area (Å²) in [7, 11) is -3.56. The van der Waals surface area contributed by atoms with Crippen LogP contribution in [0.1, 0.15) is 18.9 Å². The van der Waals surface area contributed by atoms with E-state index in [4.69, 9.17) is 10.00 Å².